The zero-order chi connectivity index (χ0) is 9.31. The van der Waals surface area contributed by atoms with E-state index in [4.69, 9.17) is 4.42 Å². The summed E-state index contributed by atoms with van der Waals surface area (Å²) in [6.07, 6.45) is 3.14. The van der Waals surface area contributed by atoms with Crippen LogP contribution in [0.1, 0.15) is 17.4 Å². The van der Waals surface area contributed by atoms with Gasteiger partial charge in [0.2, 0.25) is 0 Å². The lowest BCUT2D eigenvalue weighted by atomic mass is 9.97. The smallest absolute Gasteiger partial charge is 0.124 e. The summed E-state index contributed by atoms with van der Waals surface area (Å²) in [5.74, 6) is 0. The Kier molecular flexibility index (Phi) is 1.98. The van der Waals surface area contributed by atoms with E-state index in [1.165, 1.54) is 11.3 Å². The molecule has 2 heterocycles. The van der Waals surface area contributed by atoms with Crippen LogP contribution in [-0.2, 0) is 5.60 Å². The van der Waals surface area contributed by atoms with Crippen molar-refractivity contribution in [3.05, 3.63) is 46.5 Å². The molecule has 0 unspecified atom stereocenters. The quantitative estimate of drug-likeness (QED) is 0.797. The topological polar surface area (TPSA) is 33.4 Å². The molecule has 13 heavy (non-hydrogen) atoms. The molecule has 0 saturated carbocycles. The molecular formula is C10H10O2S. The highest BCUT2D eigenvalue weighted by atomic mass is 32.1. The monoisotopic (exact) mass is 194 g/mol. The zero-order valence-electron chi connectivity index (χ0n) is 7.23. The Hall–Kier alpha value is -1.06. The summed E-state index contributed by atoms with van der Waals surface area (Å²) in [5, 5.41) is 12.1. The highest BCUT2D eigenvalue weighted by Gasteiger charge is 2.27. The fraction of sp³-hybridized carbons (Fsp3) is 0.200. The molecule has 68 valence electrons. The fourth-order valence-electron chi connectivity index (χ4n) is 1.24. The van der Waals surface area contributed by atoms with E-state index in [2.05, 4.69) is 0 Å². The van der Waals surface area contributed by atoms with Crippen LogP contribution in [0, 0.1) is 0 Å². The molecule has 0 aliphatic carbocycles. The Morgan fingerprint density at radius 3 is 2.85 bits per heavy atom. The van der Waals surface area contributed by atoms with Gasteiger partial charge in [0.05, 0.1) is 12.5 Å². The Balaban J connectivity index is 2.42. The van der Waals surface area contributed by atoms with Gasteiger partial charge in [0.25, 0.3) is 0 Å². The molecule has 1 N–H and O–H groups in total. The predicted octanol–water partition coefficient (Wildman–Crippen LogP) is 2.60. The maximum Gasteiger partial charge on any atom is 0.124 e. The molecule has 0 radical (unpaired) electrons. The SMILES string of the molecule is C[C@](O)(c1ccoc1)c1cccs1. The standard InChI is InChI=1S/C10H10O2S/c1-10(11,8-4-5-12-7-8)9-3-2-6-13-9/h2-7,11H,1H3/t10-/m0/s1. The van der Waals surface area contributed by atoms with Crippen LogP contribution in [-0.4, -0.2) is 5.11 Å². The highest BCUT2D eigenvalue weighted by Crippen LogP contribution is 2.32. The zero-order valence-corrected chi connectivity index (χ0v) is 8.04. The maximum absolute atomic E-state index is 10.2. The van der Waals surface area contributed by atoms with E-state index in [9.17, 15) is 5.11 Å². The molecule has 0 fully saturated rings. The van der Waals surface area contributed by atoms with Crippen molar-refractivity contribution in [3.8, 4) is 0 Å². The molecule has 2 rings (SSSR count). The van der Waals surface area contributed by atoms with E-state index in [-0.39, 0.29) is 0 Å². The summed E-state index contributed by atoms with van der Waals surface area (Å²) >= 11 is 1.54. The summed E-state index contributed by atoms with van der Waals surface area (Å²) in [4.78, 5) is 0.925. The van der Waals surface area contributed by atoms with Crippen LogP contribution in [0.2, 0.25) is 0 Å². The average Bonchev–Trinajstić information content (AvgIpc) is 2.78. The molecule has 0 amide bonds. The number of rotatable bonds is 2. The van der Waals surface area contributed by atoms with Crippen molar-refractivity contribution in [2.24, 2.45) is 0 Å². The van der Waals surface area contributed by atoms with Gasteiger partial charge < -0.3 is 9.52 Å². The lowest BCUT2D eigenvalue weighted by Crippen LogP contribution is -2.20. The summed E-state index contributed by atoms with van der Waals surface area (Å²) in [6.45, 7) is 1.77. The average molecular weight is 194 g/mol. The first-order valence-electron chi connectivity index (χ1n) is 4.00. The molecule has 0 saturated heterocycles. The lowest BCUT2D eigenvalue weighted by molar-refractivity contribution is 0.105. The number of furan rings is 1. The van der Waals surface area contributed by atoms with Crippen LogP contribution in [0.15, 0.2) is 40.5 Å². The highest BCUT2D eigenvalue weighted by molar-refractivity contribution is 7.10. The van der Waals surface area contributed by atoms with Gasteiger partial charge in [0.15, 0.2) is 0 Å². The third kappa shape index (κ3) is 1.41. The van der Waals surface area contributed by atoms with Crippen LogP contribution in [0.25, 0.3) is 0 Å². The van der Waals surface area contributed by atoms with E-state index < -0.39 is 5.60 Å². The van der Waals surface area contributed by atoms with Crippen LogP contribution in [0.4, 0.5) is 0 Å². The summed E-state index contributed by atoms with van der Waals surface area (Å²) in [7, 11) is 0. The second kappa shape index (κ2) is 3.01. The van der Waals surface area contributed by atoms with Gasteiger partial charge in [-0.2, -0.15) is 0 Å². The molecule has 2 aromatic heterocycles. The van der Waals surface area contributed by atoms with Crippen molar-refractivity contribution in [3.63, 3.8) is 0 Å². The first kappa shape index (κ1) is 8.53. The van der Waals surface area contributed by atoms with Gasteiger partial charge in [-0.05, 0) is 24.4 Å². The minimum Gasteiger partial charge on any atom is -0.472 e. The van der Waals surface area contributed by atoms with Crippen LogP contribution in [0.3, 0.4) is 0 Å². The van der Waals surface area contributed by atoms with E-state index in [1.54, 1.807) is 25.5 Å². The van der Waals surface area contributed by atoms with Gasteiger partial charge >= 0.3 is 0 Å². The Labute approximate surface area is 80.4 Å². The van der Waals surface area contributed by atoms with Crippen molar-refractivity contribution < 1.29 is 9.52 Å². The normalized spacial score (nSPS) is 15.5. The van der Waals surface area contributed by atoms with E-state index in [1.807, 2.05) is 17.5 Å². The summed E-state index contributed by atoms with van der Waals surface area (Å²) in [6, 6.07) is 5.62. The molecule has 0 aliphatic rings. The Morgan fingerprint density at radius 2 is 2.31 bits per heavy atom. The summed E-state index contributed by atoms with van der Waals surface area (Å²) < 4.78 is 4.94. The van der Waals surface area contributed by atoms with Gasteiger partial charge in [-0.1, -0.05) is 6.07 Å². The second-order valence-electron chi connectivity index (χ2n) is 3.06. The van der Waals surface area contributed by atoms with Crippen molar-refractivity contribution in [2.75, 3.05) is 0 Å². The maximum atomic E-state index is 10.2. The second-order valence-corrected chi connectivity index (χ2v) is 4.01. The summed E-state index contributed by atoms with van der Waals surface area (Å²) in [5.41, 5.74) is -0.142. The molecule has 0 bridgehead atoms. The lowest BCUT2D eigenvalue weighted by Gasteiger charge is -2.19. The van der Waals surface area contributed by atoms with Gasteiger partial charge in [0.1, 0.15) is 5.60 Å². The third-order valence-electron chi connectivity index (χ3n) is 2.08. The van der Waals surface area contributed by atoms with Gasteiger partial charge in [0, 0.05) is 10.4 Å². The molecule has 1 atom stereocenters. The fourth-order valence-corrected chi connectivity index (χ4v) is 2.05. The largest absolute Gasteiger partial charge is 0.472 e. The van der Waals surface area contributed by atoms with Gasteiger partial charge in [-0.25, -0.2) is 0 Å². The van der Waals surface area contributed by atoms with E-state index in [0.717, 1.165) is 10.4 Å². The van der Waals surface area contributed by atoms with Crippen molar-refractivity contribution in [2.45, 2.75) is 12.5 Å². The van der Waals surface area contributed by atoms with Crippen molar-refractivity contribution in [1.29, 1.82) is 0 Å². The Bertz CT molecular complexity index is 323. The molecule has 3 heteroatoms. The minimum absolute atomic E-state index is 0.787. The molecular weight excluding hydrogens is 184 g/mol. The molecule has 2 nitrogen and oxygen atoms in total. The number of aliphatic hydroxyl groups is 1. The molecule has 0 aliphatic heterocycles. The van der Waals surface area contributed by atoms with Gasteiger partial charge in [-0.3, -0.25) is 0 Å². The Morgan fingerprint density at radius 1 is 1.46 bits per heavy atom. The van der Waals surface area contributed by atoms with Crippen LogP contribution in [0.5, 0.6) is 0 Å². The third-order valence-corrected chi connectivity index (χ3v) is 3.16. The van der Waals surface area contributed by atoms with Crippen LogP contribution < -0.4 is 0 Å². The van der Waals surface area contributed by atoms with E-state index >= 15 is 0 Å². The first-order chi connectivity index (χ1) is 6.21. The molecule has 2 aromatic rings. The number of hydrogen-bond acceptors (Lipinski definition) is 3. The van der Waals surface area contributed by atoms with Crippen molar-refractivity contribution in [1.82, 2.24) is 0 Å². The number of thiophene rings is 1. The first-order valence-corrected chi connectivity index (χ1v) is 4.88. The van der Waals surface area contributed by atoms with Gasteiger partial charge in [-0.15, -0.1) is 11.3 Å². The molecule has 0 aromatic carbocycles. The molecule has 0 spiro atoms. The minimum atomic E-state index is -0.929. The number of hydrogen-bond donors (Lipinski definition) is 1. The van der Waals surface area contributed by atoms with Crippen molar-refractivity contribution >= 4 is 11.3 Å². The predicted molar refractivity (Wildman–Crippen MR) is 51.7 cm³/mol. The van der Waals surface area contributed by atoms with Crippen LogP contribution >= 0.6 is 11.3 Å². The van der Waals surface area contributed by atoms with E-state index in [0.29, 0.717) is 0 Å².